The summed E-state index contributed by atoms with van der Waals surface area (Å²) in [4.78, 5) is 26.6. The van der Waals surface area contributed by atoms with Crippen molar-refractivity contribution in [1.82, 2.24) is 5.32 Å². The van der Waals surface area contributed by atoms with Crippen molar-refractivity contribution in [3.8, 4) is 0 Å². The maximum Gasteiger partial charge on any atom is 0.336 e. The molecule has 0 saturated heterocycles. The number of allylic oxidation sites excluding steroid dienone is 3. The molecular weight excluding hydrogens is 464 g/mol. The highest BCUT2D eigenvalue weighted by Crippen LogP contribution is 2.30. The number of hydrogen-bond donors (Lipinski definition) is 2. The molecule has 6 heteroatoms. The standard InChI is InChI=1S/C31H30N2O4/c1-20-13-14-23(17-27(20)31(35)36)33-15-16-37-30(19-33)26-11-6-12-29(34)28(26)18-32-21(2)24-10-5-8-22-7-3-4-9-25(22)24/h3-17,21,28,30,32H,18-19H2,1-2H3,(H,35,36)/t21-,28?,30?/m1/s1. The Morgan fingerprint density at radius 3 is 2.81 bits per heavy atom. The minimum Gasteiger partial charge on any atom is -0.490 e. The van der Waals surface area contributed by atoms with Crippen molar-refractivity contribution >= 4 is 28.2 Å². The van der Waals surface area contributed by atoms with E-state index in [1.54, 1.807) is 37.6 Å². The van der Waals surface area contributed by atoms with Crippen LogP contribution in [0.15, 0.2) is 96.9 Å². The molecule has 37 heavy (non-hydrogen) atoms. The largest absolute Gasteiger partial charge is 0.490 e. The monoisotopic (exact) mass is 494 g/mol. The van der Waals surface area contributed by atoms with Crippen molar-refractivity contribution in [3.63, 3.8) is 0 Å². The average molecular weight is 495 g/mol. The predicted molar refractivity (Wildman–Crippen MR) is 146 cm³/mol. The number of carbonyl (C=O) groups excluding carboxylic acids is 1. The zero-order valence-corrected chi connectivity index (χ0v) is 20.9. The number of ether oxygens (including phenoxy) is 1. The molecule has 5 rings (SSSR count). The third kappa shape index (κ3) is 5.06. The van der Waals surface area contributed by atoms with Crippen LogP contribution in [0.5, 0.6) is 0 Å². The number of fused-ring (bicyclic) bond motifs is 1. The van der Waals surface area contributed by atoms with Crippen molar-refractivity contribution in [1.29, 1.82) is 0 Å². The van der Waals surface area contributed by atoms with Gasteiger partial charge >= 0.3 is 5.97 Å². The van der Waals surface area contributed by atoms with E-state index in [0.29, 0.717) is 18.7 Å². The molecule has 1 aliphatic carbocycles. The van der Waals surface area contributed by atoms with Gasteiger partial charge in [0.2, 0.25) is 0 Å². The summed E-state index contributed by atoms with van der Waals surface area (Å²) in [5, 5.41) is 15.5. The SMILES string of the molecule is Cc1ccc(N2C=COC(C3=CC=CC(=O)C3CN[C@H](C)c3cccc4ccccc34)C2)cc1C(=O)O. The van der Waals surface area contributed by atoms with Crippen LogP contribution in [0.2, 0.25) is 0 Å². The zero-order chi connectivity index (χ0) is 25.9. The van der Waals surface area contributed by atoms with Gasteiger partial charge in [-0.25, -0.2) is 4.79 Å². The van der Waals surface area contributed by atoms with E-state index in [1.807, 2.05) is 35.2 Å². The first-order chi connectivity index (χ1) is 17.9. The van der Waals surface area contributed by atoms with Crippen molar-refractivity contribution in [2.45, 2.75) is 26.0 Å². The van der Waals surface area contributed by atoms with Crippen LogP contribution in [0.4, 0.5) is 5.69 Å². The van der Waals surface area contributed by atoms with Gasteiger partial charge in [0.25, 0.3) is 0 Å². The second kappa shape index (κ2) is 10.4. The number of rotatable bonds is 7. The Kier molecular flexibility index (Phi) is 6.93. The highest BCUT2D eigenvalue weighted by molar-refractivity contribution is 5.96. The lowest BCUT2D eigenvalue weighted by Gasteiger charge is -2.34. The number of aryl methyl sites for hydroxylation is 1. The number of nitrogens with one attached hydrogen (secondary N) is 1. The zero-order valence-electron chi connectivity index (χ0n) is 20.9. The van der Waals surface area contributed by atoms with Crippen LogP contribution in [0.25, 0.3) is 10.8 Å². The van der Waals surface area contributed by atoms with Crippen LogP contribution in [0.1, 0.15) is 34.5 Å². The maximum absolute atomic E-state index is 13.0. The van der Waals surface area contributed by atoms with E-state index in [-0.39, 0.29) is 29.4 Å². The quantitative estimate of drug-likeness (QED) is 0.448. The summed E-state index contributed by atoms with van der Waals surface area (Å²) in [6.07, 6.45) is 8.44. The van der Waals surface area contributed by atoms with Gasteiger partial charge in [-0.15, -0.1) is 0 Å². The molecule has 0 spiro atoms. The fraction of sp³-hybridized carbons (Fsp3) is 0.226. The lowest BCUT2D eigenvalue weighted by Crippen LogP contribution is -2.41. The van der Waals surface area contributed by atoms with Crippen molar-refractivity contribution < 1.29 is 19.4 Å². The van der Waals surface area contributed by atoms with E-state index in [9.17, 15) is 14.7 Å². The summed E-state index contributed by atoms with van der Waals surface area (Å²) in [5.74, 6) is -1.26. The van der Waals surface area contributed by atoms with Crippen LogP contribution in [-0.4, -0.2) is 36.1 Å². The van der Waals surface area contributed by atoms with Gasteiger partial charge < -0.3 is 20.1 Å². The molecule has 3 aromatic rings. The van der Waals surface area contributed by atoms with Crippen molar-refractivity contribution in [2.24, 2.45) is 5.92 Å². The first kappa shape index (κ1) is 24.5. The summed E-state index contributed by atoms with van der Waals surface area (Å²) < 4.78 is 5.98. The number of carboxylic acids is 1. The van der Waals surface area contributed by atoms with Crippen LogP contribution in [0.3, 0.4) is 0 Å². The number of anilines is 1. The number of nitrogens with zero attached hydrogens (tertiary/aromatic N) is 1. The number of hydrogen-bond acceptors (Lipinski definition) is 5. The Balaban J connectivity index is 1.33. The maximum atomic E-state index is 13.0. The first-order valence-electron chi connectivity index (χ1n) is 12.5. The summed E-state index contributed by atoms with van der Waals surface area (Å²) >= 11 is 0. The Labute approximate surface area is 216 Å². The minimum absolute atomic E-state index is 0.0447. The average Bonchev–Trinajstić information content (AvgIpc) is 2.92. The molecule has 0 bridgehead atoms. The molecule has 1 aliphatic heterocycles. The minimum atomic E-state index is -0.953. The molecule has 2 unspecified atom stereocenters. The number of aromatic carboxylic acids is 1. The fourth-order valence-corrected chi connectivity index (χ4v) is 5.11. The van der Waals surface area contributed by atoms with Gasteiger partial charge in [0.05, 0.1) is 18.0 Å². The molecule has 0 saturated carbocycles. The third-order valence-electron chi connectivity index (χ3n) is 7.21. The number of carboxylic acid groups (broad SMARTS) is 1. The summed E-state index contributed by atoms with van der Waals surface area (Å²) in [7, 11) is 0. The highest BCUT2D eigenvalue weighted by Gasteiger charge is 2.32. The molecule has 0 amide bonds. The first-order valence-corrected chi connectivity index (χ1v) is 12.5. The van der Waals surface area contributed by atoms with Crippen LogP contribution >= 0.6 is 0 Å². The topological polar surface area (TPSA) is 78.9 Å². The fourth-order valence-electron chi connectivity index (χ4n) is 5.11. The molecule has 1 heterocycles. The van der Waals surface area contributed by atoms with Gasteiger partial charge in [0.1, 0.15) is 12.4 Å². The van der Waals surface area contributed by atoms with Gasteiger partial charge in [-0.05, 0) is 59.5 Å². The molecular formula is C31H30N2O4. The summed E-state index contributed by atoms with van der Waals surface area (Å²) in [6, 6.07) is 20.0. The molecule has 0 aromatic heterocycles. The van der Waals surface area contributed by atoms with E-state index in [0.717, 1.165) is 11.3 Å². The molecule has 3 atom stereocenters. The smallest absolute Gasteiger partial charge is 0.336 e. The molecule has 6 nitrogen and oxygen atoms in total. The molecule has 2 N–H and O–H groups in total. The highest BCUT2D eigenvalue weighted by atomic mass is 16.5. The second-order valence-corrected chi connectivity index (χ2v) is 9.55. The van der Waals surface area contributed by atoms with E-state index in [1.165, 1.54) is 16.3 Å². The Bertz CT molecular complexity index is 1430. The number of ketones is 1. The number of carbonyl (C=O) groups is 2. The van der Waals surface area contributed by atoms with E-state index in [4.69, 9.17) is 4.74 Å². The second-order valence-electron chi connectivity index (χ2n) is 9.55. The van der Waals surface area contributed by atoms with Crippen molar-refractivity contribution in [3.05, 3.63) is 114 Å². The Hall–Kier alpha value is -4.16. The van der Waals surface area contributed by atoms with Gasteiger partial charge in [0, 0.05) is 24.5 Å². The summed E-state index contributed by atoms with van der Waals surface area (Å²) in [6.45, 7) is 4.86. The Morgan fingerprint density at radius 1 is 1.16 bits per heavy atom. The van der Waals surface area contributed by atoms with E-state index < -0.39 is 5.97 Å². The molecule has 188 valence electrons. The van der Waals surface area contributed by atoms with Gasteiger partial charge in [-0.3, -0.25) is 4.79 Å². The van der Waals surface area contributed by atoms with E-state index >= 15 is 0 Å². The van der Waals surface area contributed by atoms with Crippen molar-refractivity contribution in [2.75, 3.05) is 18.0 Å². The van der Waals surface area contributed by atoms with Gasteiger partial charge in [-0.2, -0.15) is 0 Å². The normalized spacial score (nSPS) is 20.0. The lowest BCUT2D eigenvalue weighted by atomic mass is 9.85. The molecule has 0 radical (unpaired) electrons. The molecule has 0 fully saturated rings. The Morgan fingerprint density at radius 2 is 1.97 bits per heavy atom. The predicted octanol–water partition coefficient (Wildman–Crippen LogP) is 5.56. The molecule has 3 aromatic carbocycles. The van der Waals surface area contributed by atoms with E-state index in [2.05, 4.69) is 42.6 Å². The van der Waals surface area contributed by atoms with Crippen LogP contribution < -0.4 is 10.2 Å². The molecule has 2 aliphatic rings. The number of benzene rings is 3. The van der Waals surface area contributed by atoms with Crippen LogP contribution in [-0.2, 0) is 9.53 Å². The summed E-state index contributed by atoms with van der Waals surface area (Å²) in [5.41, 5.74) is 3.85. The van der Waals surface area contributed by atoms with Gasteiger partial charge in [-0.1, -0.05) is 60.7 Å². The van der Waals surface area contributed by atoms with Gasteiger partial charge in [0.15, 0.2) is 5.78 Å². The van der Waals surface area contributed by atoms with Crippen LogP contribution in [0, 0.1) is 12.8 Å². The lowest BCUT2D eigenvalue weighted by molar-refractivity contribution is -0.117. The third-order valence-corrected chi connectivity index (χ3v) is 7.21.